The van der Waals surface area contributed by atoms with Crippen molar-refractivity contribution in [3.63, 3.8) is 0 Å². The van der Waals surface area contributed by atoms with Gasteiger partial charge in [0.05, 0.1) is 8.07 Å². The van der Waals surface area contributed by atoms with Crippen molar-refractivity contribution in [3.05, 3.63) is 42.5 Å². The minimum atomic E-state index is -1.27. The predicted molar refractivity (Wildman–Crippen MR) is 77.0 cm³/mol. The maximum absolute atomic E-state index is 2.44. The summed E-state index contributed by atoms with van der Waals surface area (Å²) in [5.74, 6) is 0. The molecule has 16 heavy (non-hydrogen) atoms. The Balaban J connectivity index is 2.70. The molecule has 1 rings (SSSR count). The Hall–Kier alpha value is -0.823. The van der Waals surface area contributed by atoms with E-state index in [4.69, 9.17) is 0 Å². The summed E-state index contributed by atoms with van der Waals surface area (Å²) in [6.07, 6.45) is 4.71. The van der Waals surface area contributed by atoms with Crippen LogP contribution >= 0.6 is 0 Å². The van der Waals surface area contributed by atoms with Crippen molar-refractivity contribution < 1.29 is 0 Å². The van der Waals surface area contributed by atoms with Gasteiger partial charge in [0.25, 0.3) is 0 Å². The Labute approximate surface area is 101 Å². The zero-order valence-electron chi connectivity index (χ0n) is 11.2. The van der Waals surface area contributed by atoms with E-state index in [9.17, 15) is 0 Å². The summed E-state index contributed by atoms with van der Waals surface area (Å²) >= 11 is 0. The molecule has 0 fully saturated rings. The number of hydrogen-bond donors (Lipinski definition) is 0. The Morgan fingerprint density at radius 2 is 1.62 bits per heavy atom. The first-order valence-electron chi connectivity index (χ1n) is 6.04. The zero-order valence-corrected chi connectivity index (χ0v) is 12.2. The van der Waals surface area contributed by atoms with E-state index >= 15 is 0 Å². The van der Waals surface area contributed by atoms with Gasteiger partial charge in [-0.3, -0.25) is 0 Å². The van der Waals surface area contributed by atoms with Gasteiger partial charge in [0, 0.05) is 0 Å². The SMILES string of the molecule is CC(C)(C)/C=C/C[Si](C)(C)c1ccccc1. The van der Waals surface area contributed by atoms with E-state index in [0.717, 1.165) is 0 Å². The molecule has 0 N–H and O–H groups in total. The van der Waals surface area contributed by atoms with Crippen molar-refractivity contribution in [1.29, 1.82) is 0 Å². The lowest BCUT2D eigenvalue weighted by Crippen LogP contribution is -2.40. The molecule has 0 spiro atoms. The summed E-state index contributed by atoms with van der Waals surface area (Å²) < 4.78 is 0. The highest BCUT2D eigenvalue weighted by atomic mass is 28.3. The summed E-state index contributed by atoms with van der Waals surface area (Å²) in [6, 6.07) is 12.2. The molecule has 0 aliphatic carbocycles. The fourth-order valence-electron chi connectivity index (χ4n) is 1.71. The highest BCUT2D eigenvalue weighted by Gasteiger charge is 2.21. The third-order valence-corrected chi connectivity index (χ3v) is 5.95. The Morgan fingerprint density at radius 3 is 2.12 bits per heavy atom. The summed E-state index contributed by atoms with van der Waals surface area (Å²) in [5.41, 5.74) is 0.307. The fourth-order valence-corrected chi connectivity index (χ4v) is 3.75. The van der Waals surface area contributed by atoms with Gasteiger partial charge < -0.3 is 0 Å². The van der Waals surface area contributed by atoms with E-state index in [1.165, 1.54) is 6.04 Å². The smallest absolute Gasteiger partial charge is 0.0843 e. The van der Waals surface area contributed by atoms with Crippen molar-refractivity contribution in [3.8, 4) is 0 Å². The van der Waals surface area contributed by atoms with E-state index in [-0.39, 0.29) is 0 Å². The van der Waals surface area contributed by atoms with E-state index in [1.807, 2.05) is 0 Å². The van der Waals surface area contributed by atoms with Crippen LogP contribution in [0.1, 0.15) is 20.8 Å². The van der Waals surface area contributed by atoms with Crippen LogP contribution in [0, 0.1) is 5.41 Å². The molecule has 0 radical (unpaired) electrons. The van der Waals surface area contributed by atoms with E-state index in [0.29, 0.717) is 5.41 Å². The quantitative estimate of drug-likeness (QED) is 0.541. The molecule has 1 aromatic carbocycles. The number of allylic oxidation sites excluding steroid dienone is 2. The van der Waals surface area contributed by atoms with E-state index < -0.39 is 8.07 Å². The molecule has 0 aliphatic heterocycles. The zero-order chi connectivity index (χ0) is 12.2. The topological polar surface area (TPSA) is 0 Å². The number of hydrogen-bond acceptors (Lipinski definition) is 0. The third-order valence-electron chi connectivity index (χ3n) is 2.80. The average molecular weight is 232 g/mol. The Bertz CT molecular complexity index is 341. The maximum Gasteiger partial charge on any atom is 0.0843 e. The van der Waals surface area contributed by atoms with Gasteiger partial charge in [-0.15, -0.1) is 0 Å². The molecule has 0 saturated carbocycles. The van der Waals surface area contributed by atoms with Gasteiger partial charge in [0.2, 0.25) is 0 Å². The summed E-state index contributed by atoms with van der Waals surface area (Å²) in [7, 11) is -1.27. The van der Waals surface area contributed by atoms with Gasteiger partial charge in [-0.05, 0) is 11.5 Å². The standard InChI is InChI=1S/C15H24Si/c1-15(2,3)12-9-13-16(4,5)14-10-7-6-8-11-14/h6-12H,13H2,1-5H3/b12-9+. The van der Waals surface area contributed by atoms with Gasteiger partial charge in [0.1, 0.15) is 0 Å². The van der Waals surface area contributed by atoms with Crippen molar-refractivity contribution in [2.24, 2.45) is 5.41 Å². The second-order valence-electron chi connectivity index (χ2n) is 6.22. The highest BCUT2D eigenvalue weighted by Crippen LogP contribution is 2.17. The maximum atomic E-state index is 2.44. The van der Waals surface area contributed by atoms with Crippen molar-refractivity contribution in [2.75, 3.05) is 0 Å². The van der Waals surface area contributed by atoms with E-state index in [1.54, 1.807) is 5.19 Å². The normalized spacial score (nSPS) is 13.3. The van der Waals surface area contributed by atoms with Crippen LogP contribution in [-0.4, -0.2) is 8.07 Å². The van der Waals surface area contributed by atoms with Gasteiger partial charge in [-0.1, -0.05) is 81.5 Å². The molecule has 0 amide bonds. The fraction of sp³-hybridized carbons (Fsp3) is 0.467. The lowest BCUT2D eigenvalue weighted by atomic mass is 9.97. The van der Waals surface area contributed by atoms with Crippen LogP contribution in [0.15, 0.2) is 42.5 Å². The third kappa shape index (κ3) is 4.36. The summed E-state index contributed by atoms with van der Waals surface area (Å²) in [4.78, 5) is 0. The van der Waals surface area contributed by atoms with Crippen LogP contribution in [0.4, 0.5) is 0 Å². The van der Waals surface area contributed by atoms with Gasteiger partial charge in [-0.25, -0.2) is 0 Å². The minimum Gasteiger partial charge on any atom is -0.0904 e. The van der Waals surface area contributed by atoms with Crippen molar-refractivity contribution >= 4 is 13.3 Å². The van der Waals surface area contributed by atoms with E-state index in [2.05, 4.69) is 76.3 Å². The van der Waals surface area contributed by atoms with Crippen LogP contribution in [0.5, 0.6) is 0 Å². The molecule has 0 aliphatic rings. The second kappa shape index (κ2) is 5.01. The highest BCUT2D eigenvalue weighted by molar-refractivity contribution is 6.90. The van der Waals surface area contributed by atoms with Crippen LogP contribution in [-0.2, 0) is 0 Å². The van der Waals surface area contributed by atoms with Crippen molar-refractivity contribution in [1.82, 2.24) is 0 Å². The van der Waals surface area contributed by atoms with Crippen LogP contribution < -0.4 is 5.19 Å². The largest absolute Gasteiger partial charge is 0.0904 e. The number of benzene rings is 1. The van der Waals surface area contributed by atoms with Crippen LogP contribution in [0.3, 0.4) is 0 Å². The molecular weight excluding hydrogens is 208 g/mol. The molecule has 88 valence electrons. The molecule has 0 nitrogen and oxygen atoms in total. The molecule has 0 bridgehead atoms. The molecule has 0 atom stereocenters. The van der Waals surface area contributed by atoms with Gasteiger partial charge >= 0.3 is 0 Å². The molecular formula is C15H24Si. The average Bonchev–Trinajstić information content (AvgIpc) is 2.17. The first-order chi connectivity index (χ1) is 7.31. The molecule has 0 saturated heterocycles. The molecule has 0 unspecified atom stereocenters. The Morgan fingerprint density at radius 1 is 1.06 bits per heavy atom. The van der Waals surface area contributed by atoms with Crippen LogP contribution in [0.25, 0.3) is 0 Å². The lowest BCUT2D eigenvalue weighted by Gasteiger charge is -2.22. The molecule has 1 heteroatoms. The van der Waals surface area contributed by atoms with Gasteiger partial charge in [-0.2, -0.15) is 0 Å². The summed E-state index contributed by atoms with van der Waals surface area (Å²) in [5, 5.41) is 1.55. The van der Waals surface area contributed by atoms with Crippen LogP contribution in [0.2, 0.25) is 19.1 Å². The summed E-state index contributed by atoms with van der Waals surface area (Å²) in [6.45, 7) is 11.6. The first kappa shape index (κ1) is 13.2. The monoisotopic (exact) mass is 232 g/mol. The lowest BCUT2D eigenvalue weighted by molar-refractivity contribution is 0.543. The van der Waals surface area contributed by atoms with Gasteiger partial charge in [0.15, 0.2) is 0 Å². The minimum absolute atomic E-state index is 0.307. The van der Waals surface area contributed by atoms with Crippen molar-refractivity contribution in [2.45, 2.75) is 39.9 Å². The molecule has 0 aromatic heterocycles. The molecule has 1 aromatic rings. The first-order valence-corrected chi connectivity index (χ1v) is 9.25. The predicted octanol–water partition coefficient (Wildman–Crippen LogP) is 4.20. The Kier molecular flexibility index (Phi) is 4.14. The number of rotatable bonds is 3. The second-order valence-corrected chi connectivity index (χ2v) is 11.0. The molecule has 0 heterocycles.